The van der Waals surface area contributed by atoms with Crippen molar-refractivity contribution in [2.45, 2.75) is 54.1 Å². The van der Waals surface area contributed by atoms with E-state index in [4.69, 9.17) is 19.3 Å². The number of amides is 1. The summed E-state index contributed by atoms with van der Waals surface area (Å²) in [5.41, 5.74) is 1.11. The molecular weight excluding hydrogens is 544 g/mol. The van der Waals surface area contributed by atoms with Gasteiger partial charge in [0.2, 0.25) is 5.06 Å². The van der Waals surface area contributed by atoms with Crippen LogP contribution in [0.1, 0.15) is 49.0 Å². The summed E-state index contributed by atoms with van der Waals surface area (Å²) in [5.74, 6) is 0.0786. The van der Waals surface area contributed by atoms with Gasteiger partial charge < -0.3 is 24.4 Å². The average Bonchev–Trinajstić information content (AvgIpc) is 3.74. The molecule has 2 aliphatic rings. The Kier molecular flexibility index (Phi) is 8.60. The Labute approximate surface area is 230 Å². The average molecular weight is 575 g/mol. The maximum absolute atomic E-state index is 13.4. The summed E-state index contributed by atoms with van der Waals surface area (Å²) in [6, 6.07) is 13.0. The molecule has 39 heavy (non-hydrogen) atoms. The Bertz CT molecular complexity index is 1370. The highest BCUT2D eigenvalue weighted by atomic mass is 32.2. The molecule has 1 saturated carbocycles. The number of nitrogens with one attached hydrogen (secondary N) is 1. The predicted molar refractivity (Wildman–Crippen MR) is 144 cm³/mol. The van der Waals surface area contributed by atoms with E-state index in [1.54, 1.807) is 36.4 Å². The number of hydrogen-bond acceptors (Lipinski definition) is 10. The summed E-state index contributed by atoms with van der Waals surface area (Å²) in [6.45, 7) is 0.719. The lowest BCUT2D eigenvalue weighted by Gasteiger charge is -2.27. The summed E-state index contributed by atoms with van der Waals surface area (Å²) in [6.07, 6.45) is 2.06. The maximum atomic E-state index is 13.4. The van der Waals surface area contributed by atoms with Crippen LogP contribution in [0.4, 0.5) is 5.13 Å². The van der Waals surface area contributed by atoms with E-state index < -0.39 is 28.0 Å². The lowest BCUT2D eigenvalue weighted by atomic mass is 10.1. The van der Waals surface area contributed by atoms with Crippen LogP contribution in [0.2, 0.25) is 0 Å². The number of aromatic nitrogens is 1. The minimum Gasteiger partial charge on any atom is -0.445 e. The van der Waals surface area contributed by atoms with Gasteiger partial charge in [0.25, 0.3) is 5.91 Å². The van der Waals surface area contributed by atoms with Crippen molar-refractivity contribution in [1.82, 2.24) is 4.98 Å². The second kappa shape index (κ2) is 12.1. The highest BCUT2D eigenvalue weighted by molar-refractivity contribution is 7.92. The van der Waals surface area contributed by atoms with E-state index in [0.717, 1.165) is 11.3 Å². The first kappa shape index (κ1) is 27.7. The summed E-state index contributed by atoms with van der Waals surface area (Å²) in [5, 5.41) is 22.0. The van der Waals surface area contributed by atoms with Gasteiger partial charge in [0, 0.05) is 13.2 Å². The van der Waals surface area contributed by atoms with Crippen molar-refractivity contribution in [2.24, 2.45) is 0 Å². The van der Waals surface area contributed by atoms with Gasteiger partial charge in [-0.25, -0.2) is 13.4 Å². The van der Waals surface area contributed by atoms with E-state index in [-0.39, 0.29) is 22.9 Å². The maximum Gasteiger partial charge on any atom is 0.259 e. The van der Waals surface area contributed by atoms with Crippen molar-refractivity contribution in [1.29, 1.82) is 0 Å². The largest absolute Gasteiger partial charge is 0.445 e. The van der Waals surface area contributed by atoms with Gasteiger partial charge in [-0.15, -0.1) is 0 Å². The molecule has 0 radical (unpaired) electrons. The van der Waals surface area contributed by atoms with Crippen LogP contribution < -0.4 is 10.1 Å². The van der Waals surface area contributed by atoms with Crippen molar-refractivity contribution in [3.8, 4) is 10.8 Å². The van der Waals surface area contributed by atoms with Crippen LogP contribution in [0.15, 0.2) is 59.6 Å². The van der Waals surface area contributed by atoms with E-state index in [9.17, 15) is 18.3 Å². The van der Waals surface area contributed by atoms with E-state index in [2.05, 4.69) is 10.3 Å². The van der Waals surface area contributed by atoms with Gasteiger partial charge in [-0.05, 0) is 61.1 Å². The number of aliphatic hydroxyl groups is 2. The van der Waals surface area contributed by atoms with Crippen molar-refractivity contribution in [3.05, 3.63) is 65.9 Å². The highest BCUT2D eigenvalue weighted by Gasteiger charge is 2.37. The fourth-order valence-corrected chi connectivity index (χ4v) is 6.56. The molecule has 2 heterocycles. The van der Waals surface area contributed by atoms with Crippen molar-refractivity contribution in [3.63, 3.8) is 0 Å². The highest BCUT2D eigenvalue weighted by Crippen LogP contribution is 2.35. The normalized spacial score (nSPS) is 17.9. The molecule has 1 amide bonds. The number of carbonyl (C=O) groups is 1. The fourth-order valence-electron chi connectivity index (χ4n) is 4.21. The summed E-state index contributed by atoms with van der Waals surface area (Å²) < 4.78 is 42.6. The molecule has 5 rings (SSSR count). The zero-order valence-electron chi connectivity index (χ0n) is 21.1. The van der Waals surface area contributed by atoms with Gasteiger partial charge in [-0.3, -0.25) is 10.1 Å². The minimum absolute atomic E-state index is 0.174. The summed E-state index contributed by atoms with van der Waals surface area (Å²) >= 11 is 1.14. The number of sulfone groups is 1. The van der Waals surface area contributed by atoms with Crippen molar-refractivity contribution >= 4 is 32.2 Å². The fraction of sp³-hybridized carbons (Fsp3) is 0.407. The van der Waals surface area contributed by atoms with E-state index in [0.29, 0.717) is 66.0 Å². The number of hydrogen-bond donors (Lipinski definition) is 3. The monoisotopic (exact) mass is 574 g/mol. The smallest absolute Gasteiger partial charge is 0.259 e. The minimum atomic E-state index is -3.34. The number of nitrogens with zero attached hydrogens (tertiary/aromatic N) is 1. The lowest BCUT2D eigenvalue weighted by Crippen LogP contribution is -2.31. The lowest BCUT2D eigenvalue weighted by molar-refractivity contribution is -0.136. The molecule has 0 spiro atoms. The number of rotatable bonds is 11. The van der Waals surface area contributed by atoms with E-state index in [1.165, 1.54) is 18.3 Å². The number of benzene rings is 2. The SMILES string of the molecule is O=C(Nc1ncc(Oc2ccc(C(O)CO)cc2)s1)C(OC1CCOCC1)c1ccc(S(=O)(=O)C2CC2)cc1. The third kappa shape index (κ3) is 6.83. The van der Waals surface area contributed by atoms with Crippen LogP contribution in [0, 0.1) is 0 Å². The summed E-state index contributed by atoms with van der Waals surface area (Å²) in [7, 11) is -3.34. The van der Waals surface area contributed by atoms with E-state index in [1.807, 2.05) is 0 Å². The quantitative estimate of drug-likeness (QED) is 0.312. The van der Waals surface area contributed by atoms with Gasteiger partial charge >= 0.3 is 0 Å². The Morgan fingerprint density at radius 1 is 1.05 bits per heavy atom. The number of carbonyl (C=O) groups excluding carboxylic acids is 1. The molecule has 1 aliphatic heterocycles. The molecule has 3 N–H and O–H groups in total. The first-order valence-electron chi connectivity index (χ1n) is 12.7. The number of anilines is 1. The number of thiazole rings is 1. The molecular formula is C27H30N2O8S2. The van der Waals surface area contributed by atoms with Crippen LogP contribution in [0.25, 0.3) is 0 Å². The van der Waals surface area contributed by atoms with E-state index >= 15 is 0 Å². The van der Waals surface area contributed by atoms with Crippen LogP contribution in [-0.2, 0) is 24.1 Å². The second-order valence-corrected chi connectivity index (χ2v) is 12.7. The molecule has 10 nitrogen and oxygen atoms in total. The molecule has 2 atom stereocenters. The van der Waals surface area contributed by atoms with Crippen LogP contribution in [0.3, 0.4) is 0 Å². The molecule has 3 aromatic rings. The van der Waals surface area contributed by atoms with Crippen molar-refractivity contribution < 1.29 is 37.6 Å². The molecule has 0 bridgehead atoms. The molecule has 208 valence electrons. The first-order valence-corrected chi connectivity index (χ1v) is 15.1. The standard InChI is InChI=1S/C27H30N2O8S2/c30-16-23(31)17-1-5-19(6-2-17)36-24-15-28-27(38-24)29-26(32)25(37-20-11-13-35-14-12-20)18-3-7-21(8-4-18)39(33,34)22-9-10-22/h1-8,15,20,22-23,25,30-31H,9-14,16H2,(H,28,29,32). The second-order valence-electron chi connectivity index (χ2n) is 9.48. The van der Waals surface area contributed by atoms with Gasteiger partial charge in [0.05, 0.1) is 29.1 Å². The van der Waals surface area contributed by atoms with Gasteiger partial charge in [-0.1, -0.05) is 35.6 Å². The Balaban J connectivity index is 1.28. The van der Waals surface area contributed by atoms with Gasteiger partial charge in [0.15, 0.2) is 21.1 Å². The molecule has 1 saturated heterocycles. The first-order chi connectivity index (χ1) is 18.8. The predicted octanol–water partition coefficient (Wildman–Crippen LogP) is 3.77. The molecule has 1 aromatic heterocycles. The molecule has 2 unspecified atom stereocenters. The Morgan fingerprint density at radius 2 is 1.72 bits per heavy atom. The third-order valence-electron chi connectivity index (χ3n) is 6.58. The van der Waals surface area contributed by atoms with Crippen molar-refractivity contribution in [2.75, 3.05) is 25.1 Å². The number of aliphatic hydroxyl groups excluding tert-OH is 2. The van der Waals surface area contributed by atoms with Crippen LogP contribution >= 0.6 is 11.3 Å². The molecule has 2 fully saturated rings. The number of ether oxygens (including phenoxy) is 3. The topological polar surface area (TPSA) is 144 Å². The molecule has 1 aliphatic carbocycles. The molecule has 12 heteroatoms. The van der Waals surface area contributed by atoms with Crippen LogP contribution in [-0.4, -0.2) is 60.7 Å². The Morgan fingerprint density at radius 3 is 2.36 bits per heavy atom. The zero-order valence-corrected chi connectivity index (χ0v) is 22.7. The van der Waals surface area contributed by atoms with Crippen LogP contribution in [0.5, 0.6) is 10.8 Å². The van der Waals surface area contributed by atoms with Gasteiger partial charge in [0.1, 0.15) is 11.9 Å². The van der Waals surface area contributed by atoms with Gasteiger partial charge in [-0.2, -0.15) is 0 Å². The zero-order chi connectivity index (χ0) is 27.4. The third-order valence-corrected chi connectivity index (χ3v) is 9.65. The Hall–Kier alpha value is -2.87. The molecule has 2 aromatic carbocycles. The summed E-state index contributed by atoms with van der Waals surface area (Å²) in [4.78, 5) is 17.9.